The summed E-state index contributed by atoms with van der Waals surface area (Å²) in [5.41, 5.74) is 4.39. The van der Waals surface area contributed by atoms with Gasteiger partial charge in [0.15, 0.2) is 0 Å². The average Bonchev–Trinajstić information content (AvgIpc) is 2.86. The summed E-state index contributed by atoms with van der Waals surface area (Å²) in [7, 11) is 0. The normalized spacial score (nSPS) is 20.6. The van der Waals surface area contributed by atoms with Crippen molar-refractivity contribution in [2.45, 2.75) is 53.0 Å². The number of amides is 1. The molecule has 2 heterocycles. The summed E-state index contributed by atoms with van der Waals surface area (Å²) in [6.07, 6.45) is 0.338. The van der Waals surface area contributed by atoms with Crippen LogP contribution in [0.25, 0.3) is 0 Å². The highest BCUT2D eigenvalue weighted by molar-refractivity contribution is 5.78. The zero-order chi connectivity index (χ0) is 19.4. The van der Waals surface area contributed by atoms with Gasteiger partial charge in [0.1, 0.15) is 0 Å². The van der Waals surface area contributed by atoms with Crippen LogP contribution in [0.1, 0.15) is 36.4 Å². The molecule has 1 aromatic carbocycles. The van der Waals surface area contributed by atoms with Gasteiger partial charge in [-0.2, -0.15) is 5.10 Å². The molecule has 27 heavy (non-hydrogen) atoms. The Morgan fingerprint density at radius 2 is 1.85 bits per heavy atom. The number of carbonyl (C=O) groups excluding carboxylic acids is 1. The molecule has 0 bridgehead atoms. The number of hydrogen-bond donors (Lipinski definition) is 1. The molecule has 1 amide bonds. The van der Waals surface area contributed by atoms with Gasteiger partial charge < -0.3 is 10.1 Å². The molecule has 1 saturated heterocycles. The van der Waals surface area contributed by atoms with Crippen LogP contribution in [0, 0.1) is 13.8 Å². The number of rotatable bonds is 6. The zero-order valence-corrected chi connectivity index (χ0v) is 16.7. The summed E-state index contributed by atoms with van der Waals surface area (Å²) in [5.74, 6) is 0.0471. The molecule has 1 fully saturated rings. The second-order valence-corrected chi connectivity index (χ2v) is 7.52. The molecule has 2 aromatic rings. The molecule has 0 spiro atoms. The van der Waals surface area contributed by atoms with Crippen molar-refractivity contribution in [2.24, 2.45) is 0 Å². The predicted molar refractivity (Wildman–Crippen MR) is 106 cm³/mol. The molecule has 6 nitrogen and oxygen atoms in total. The third-order valence-electron chi connectivity index (χ3n) is 5.03. The minimum absolute atomic E-state index is 0.0471. The van der Waals surface area contributed by atoms with Crippen LogP contribution in [-0.2, 0) is 22.6 Å². The van der Waals surface area contributed by atoms with E-state index >= 15 is 0 Å². The number of nitrogens with one attached hydrogen (secondary N) is 1. The van der Waals surface area contributed by atoms with Gasteiger partial charge in [-0.25, -0.2) is 0 Å². The second kappa shape index (κ2) is 8.67. The van der Waals surface area contributed by atoms with Crippen LogP contribution in [0.15, 0.2) is 30.3 Å². The summed E-state index contributed by atoms with van der Waals surface area (Å²) in [4.78, 5) is 14.6. The van der Waals surface area contributed by atoms with Gasteiger partial charge in [-0.05, 0) is 33.3 Å². The number of aromatic nitrogens is 2. The molecule has 6 heteroatoms. The van der Waals surface area contributed by atoms with E-state index in [1.807, 2.05) is 29.8 Å². The molecule has 1 aliphatic rings. The van der Waals surface area contributed by atoms with Crippen LogP contribution < -0.4 is 5.32 Å². The zero-order valence-electron chi connectivity index (χ0n) is 16.7. The SMILES string of the molecule is Cc1nn(Cc2ccccc2)c(C)c1CNC(=O)CN1CC(C)OC(C)C1. The van der Waals surface area contributed by atoms with Gasteiger partial charge in [0.25, 0.3) is 0 Å². The summed E-state index contributed by atoms with van der Waals surface area (Å²) >= 11 is 0. The van der Waals surface area contributed by atoms with E-state index < -0.39 is 0 Å². The Kier molecular flexibility index (Phi) is 6.29. The Bertz CT molecular complexity index is 762. The smallest absolute Gasteiger partial charge is 0.234 e. The lowest BCUT2D eigenvalue weighted by Gasteiger charge is -2.34. The number of carbonyl (C=O) groups is 1. The lowest BCUT2D eigenvalue weighted by atomic mass is 10.2. The first-order valence-corrected chi connectivity index (χ1v) is 9.63. The van der Waals surface area contributed by atoms with E-state index in [1.54, 1.807) is 0 Å². The van der Waals surface area contributed by atoms with Gasteiger partial charge in [-0.3, -0.25) is 14.4 Å². The minimum Gasteiger partial charge on any atom is -0.373 e. The maximum Gasteiger partial charge on any atom is 0.234 e. The van der Waals surface area contributed by atoms with Crippen molar-refractivity contribution in [2.75, 3.05) is 19.6 Å². The van der Waals surface area contributed by atoms with Crippen molar-refractivity contribution in [1.29, 1.82) is 0 Å². The number of nitrogens with zero attached hydrogens (tertiary/aromatic N) is 3. The molecule has 0 aliphatic carbocycles. The van der Waals surface area contributed by atoms with Crippen LogP contribution in [0.4, 0.5) is 0 Å². The lowest BCUT2D eigenvalue weighted by Crippen LogP contribution is -2.49. The van der Waals surface area contributed by atoms with Crippen LogP contribution in [0.2, 0.25) is 0 Å². The Labute approximate surface area is 161 Å². The maximum absolute atomic E-state index is 12.4. The van der Waals surface area contributed by atoms with Crippen LogP contribution in [0.3, 0.4) is 0 Å². The fourth-order valence-electron chi connectivity index (χ4n) is 3.76. The summed E-state index contributed by atoms with van der Waals surface area (Å²) in [6.45, 7) is 11.4. The van der Waals surface area contributed by atoms with Crippen molar-refractivity contribution in [3.8, 4) is 0 Å². The Balaban J connectivity index is 1.57. The Hall–Kier alpha value is -2.18. The van der Waals surface area contributed by atoms with Crippen molar-refractivity contribution in [3.05, 3.63) is 52.8 Å². The monoisotopic (exact) mass is 370 g/mol. The number of morpholine rings is 1. The molecule has 2 unspecified atom stereocenters. The second-order valence-electron chi connectivity index (χ2n) is 7.52. The third-order valence-corrected chi connectivity index (χ3v) is 5.03. The molecule has 1 N–H and O–H groups in total. The largest absolute Gasteiger partial charge is 0.373 e. The van der Waals surface area contributed by atoms with Gasteiger partial charge in [0.05, 0.1) is 31.0 Å². The number of aryl methyl sites for hydroxylation is 1. The summed E-state index contributed by atoms with van der Waals surface area (Å²) < 4.78 is 7.74. The van der Waals surface area contributed by atoms with Crippen LogP contribution in [0.5, 0.6) is 0 Å². The lowest BCUT2D eigenvalue weighted by molar-refractivity contribution is -0.126. The Morgan fingerprint density at radius 3 is 2.52 bits per heavy atom. The topological polar surface area (TPSA) is 59.4 Å². The van der Waals surface area contributed by atoms with Crippen molar-refractivity contribution >= 4 is 5.91 Å². The first-order valence-electron chi connectivity index (χ1n) is 9.63. The molecular formula is C21H30N4O2. The van der Waals surface area contributed by atoms with Crippen molar-refractivity contribution in [3.63, 3.8) is 0 Å². The third kappa shape index (κ3) is 5.17. The van der Waals surface area contributed by atoms with Gasteiger partial charge in [0.2, 0.25) is 5.91 Å². The molecule has 3 rings (SSSR count). The fourth-order valence-corrected chi connectivity index (χ4v) is 3.76. The van der Waals surface area contributed by atoms with Crippen molar-refractivity contribution < 1.29 is 9.53 Å². The molecule has 2 atom stereocenters. The van der Waals surface area contributed by atoms with Crippen molar-refractivity contribution in [1.82, 2.24) is 20.0 Å². The first-order chi connectivity index (χ1) is 12.9. The molecule has 146 valence electrons. The van der Waals surface area contributed by atoms with E-state index in [9.17, 15) is 4.79 Å². The van der Waals surface area contributed by atoms with Gasteiger partial charge in [0, 0.05) is 30.9 Å². The number of ether oxygens (including phenoxy) is 1. The molecule has 1 aromatic heterocycles. The summed E-state index contributed by atoms with van der Waals surface area (Å²) in [6, 6.07) is 10.3. The van der Waals surface area contributed by atoms with Gasteiger partial charge >= 0.3 is 0 Å². The predicted octanol–water partition coefficient (Wildman–Crippen LogP) is 2.27. The van der Waals surface area contributed by atoms with E-state index in [4.69, 9.17) is 4.74 Å². The highest BCUT2D eigenvalue weighted by Gasteiger charge is 2.23. The van der Waals surface area contributed by atoms with E-state index in [1.165, 1.54) is 5.56 Å². The number of benzene rings is 1. The summed E-state index contributed by atoms with van der Waals surface area (Å²) in [5, 5.41) is 7.72. The Morgan fingerprint density at radius 1 is 1.19 bits per heavy atom. The van der Waals surface area contributed by atoms with Crippen LogP contribution in [-0.4, -0.2) is 52.4 Å². The molecular weight excluding hydrogens is 340 g/mol. The van der Waals surface area contributed by atoms with E-state index in [0.717, 1.165) is 36.6 Å². The fraction of sp³-hybridized carbons (Fsp3) is 0.524. The highest BCUT2D eigenvalue weighted by atomic mass is 16.5. The molecule has 0 radical (unpaired) electrons. The number of hydrogen-bond acceptors (Lipinski definition) is 4. The van der Waals surface area contributed by atoms with E-state index in [-0.39, 0.29) is 18.1 Å². The molecule has 0 saturated carbocycles. The molecule has 1 aliphatic heterocycles. The van der Waals surface area contributed by atoms with E-state index in [2.05, 4.69) is 48.2 Å². The maximum atomic E-state index is 12.4. The highest BCUT2D eigenvalue weighted by Crippen LogP contribution is 2.15. The minimum atomic E-state index is 0.0471. The average molecular weight is 370 g/mol. The van der Waals surface area contributed by atoms with Crippen LogP contribution >= 0.6 is 0 Å². The van der Waals surface area contributed by atoms with E-state index in [0.29, 0.717) is 13.1 Å². The quantitative estimate of drug-likeness (QED) is 0.847. The first kappa shape index (κ1) is 19.6. The van der Waals surface area contributed by atoms with Gasteiger partial charge in [-0.15, -0.1) is 0 Å². The standard InChI is InChI=1S/C21H30N4O2/c1-15-11-24(12-16(2)27-15)14-21(26)22-10-20-17(3)23-25(18(20)4)13-19-8-6-5-7-9-19/h5-9,15-16H,10-14H2,1-4H3,(H,22,26). The van der Waals surface area contributed by atoms with Gasteiger partial charge in [-0.1, -0.05) is 30.3 Å².